The molecule has 10 heteroatoms. The van der Waals surface area contributed by atoms with Gasteiger partial charge >= 0.3 is 0 Å². The van der Waals surface area contributed by atoms with E-state index in [1.807, 2.05) is 58.0 Å². The number of nitrogens with zero attached hydrogens (tertiary/aromatic N) is 5. The van der Waals surface area contributed by atoms with Crippen LogP contribution in [0.2, 0.25) is 0 Å². The van der Waals surface area contributed by atoms with Crippen LogP contribution in [0, 0.1) is 6.92 Å². The van der Waals surface area contributed by atoms with Crippen molar-refractivity contribution in [3.63, 3.8) is 0 Å². The second-order valence-corrected chi connectivity index (χ2v) is 9.11. The van der Waals surface area contributed by atoms with E-state index in [9.17, 15) is 4.79 Å². The van der Waals surface area contributed by atoms with Crippen molar-refractivity contribution in [2.24, 2.45) is 0 Å². The molecule has 1 amide bonds. The fraction of sp³-hybridized carbons (Fsp3) is 0.200. The van der Waals surface area contributed by atoms with Crippen LogP contribution in [-0.4, -0.2) is 35.8 Å². The second kappa shape index (κ2) is 8.64. The lowest BCUT2D eigenvalue weighted by molar-refractivity contribution is 0.101. The maximum Gasteiger partial charge on any atom is 0.277 e. The van der Waals surface area contributed by atoms with Gasteiger partial charge in [0.2, 0.25) is 0 Å². The first-order valence-electron chi connectivity index (χ1n) is 11.0. The molecule has 10 nitrogen and oxygen atoms in total. The number of aromatic nitrogens is 6. The molecule has 4 heterocycles. The van der Waals surface area contributed by atoms with Crippen LogP contribution in [0.15, 0.2) is 60.0 Å². The number of rotatable bonds is 5. The highest BCUT2D eigenvalue weighted by atomic mass is 16.3. The first-order valence-corrected chi connectivity index (χ1v) is 11.0. The predicted molar refractivity (Wildman–Crippen MR) is 133 cm³/mol. The quantitative estimate of drug-likeness (QED) is 0.328. The summed E-state index contributed by atoms with van der Waals surface area (Å²) in [5.41, 5.74) is 5.03. The highest BCUT2D eigenvalue weighted by molar-refractivity contribution is 6.04. The number of imidazole rings is 1. The molecule has 4 aromatic heterocycles. The fourth-order valence-electron chi connectivity index (χ4n) is 3.75. The van der Waals surface area contributed by atoms with Gasteiger partial charge in [0.15, 0.2) is 17.7 Å². The highest BCUT2D eigenvalue weighted by Crippen LogP contribution is 2.32. The molecular formula is C25H24N8O2. The third-order valence-corrected chi connectivity index (χ3v) is 5.49. The van der Waals surface area contributed by atoms with E-state index in [0.717, 1.165) is 16.8 Å². The van der Waals surface area contributed by atoms with Crippen molar-refractivity contribution in [3.8, 4) is 11.3 Å². The van der Waals surface area contributed by atoms with Crippen LogP contribution in [0.5, 0.6) is 0 Å². The molecule has 176 valence electrons. The fourth-order valence-corrected chi connectivity index (χ4v) is 3.75. The Morgan fingerprint density at radius 2 is 1.91 bits per heavy atom. The van der Waals surface area contributed by atoms with Gasteiger partial charge in [-0.15, -0.1) is 0 Å². The lowest BCUT2D eigenvalue weighted by Crippen LogP contribution is -2.20. The summed E-state index contributed by atoms with van der Waals surface area (Å²) in [5, 5.41) is 6.31. The lowest BCUT2D eigenvalue weighted by atomic mass is 9.91. The zero-order chi connectivity index (χ0) is 24.6. The molecule has 0 radical (unpaired) electrons. The molecule has 0 aliphatic heterocycles. The van der Waals surface area contributed by atoms with E-state index in [0.29, 0.717) is 34.1 Å². The molecule has 0 atom stereocenters. The van der Waals surface area contributed by atoms with Crippen molar-refractivity contribution in [1.82, 2.24) is 29.9 Å². The van der Waals surface area contributed by atoms with Crippen LogP contribution in [0.1, 0.15) is 42.6 Å². The van der Waals surface area contributed by atoms with Crippen LogP contribution >= 0.6 is 0 Å². The lowest BCUT2D eigenvalue weighted by Gasteiger charge is -2.16. The van der Waals surface area contributed by atoms with Crippen molar-refractivity contribution in [2.75, 3.05) is 10.6 Å². The van der Waals surface area contributed by atoms with Crippen LogP contribution in [0.3, 0.4) is 0 Å². The molecule has 3 N–H and O–H groups in total. The monoisotopic (exact) mass is 468 g/mol. The number of aryl methyl sites for hydroxylation is 1. The number of anilines is 3. The molecule has 0 aliphatic carbocycles. The van der Waals surface area contributed by atoms with Gasteiger partial charge in [-0.1, -0.05) is 26.8 Å². The molecule has 5 aromatic rings. The maximum atomic E-state index is 12.9. The Morgan fingerprint density at radius 3 is 2.74 bits per heavy atom. The SMILES string of the molecule is Cc1ccc(NC(=O)c2ncoc2C(C)(C)C)cc1Nc1ncccc1-c1ncnc2[nH]cnc12. The average molecular weight is 469 g/mol. The minimum absolute atomic E-state index is 0.270. The van der Waals surface area contributed by atoms with Crippen molar-refractivity contribution in [2.45, 2.75) is 33.1 Å². The Labute approximate surface area is 201 Å². The molecular weight excluding hydrogens is 444 g/mol. The standard InChI is InChI=1S/C25H24N8O2/c1-14-7-8-15(32-24(34)20-21(25(2,3)4)35-13-31-20)10-17(14)33-22-16(6-5-9-26-22)18-19-23(29-11-27-18)30-12-28-19/h5-13H,1-4H3,(H,26,33)(H,32,34)(H,27,28,29,30). The Kier molecular flexibility index (Phi) is 5.48. The number of amides is 1. The van der Waals surface area contributed by atoms with Crippen molar-refractivity contribution in [3.05, 3.63) is 72.6 Å². The smallest absolute Gasteiger partial charge is 0.277 e. The molecule has 0 saturated heterocycles. The van der Waals surface area contributed by atoms with Gasteiger partial charge in [0, 0.05) is 28.6 Å². The Hall–Kier alpha value is -4.60. The van der Waals surface area contributed by atoms with E-state index in [2.05, 4.69) is 40.5 Å². The minimum Gasteiger partial charge on any atom is -0.447 e. The number of nitrogens with one attached hydrogen (secondary N) is 3. The van der Waals surface area contributed by atoms with Gasteiger partial charge in [0.05, 0.1) is 6.33 Å². The van der Waals surface area contributed by atoms with E-state index in [-0.39, 0.29) is 17.0 Å². The highest BCUT2D eigenvalue weighted by Gasteiger charge is 2.27. The number of benzene rings is 1. The van der Waals surface area contributed by atoms with Gasteiger partial charge in [-0.05, 0) is 36.8 Å². The normalized spacial score (nSPS) is 11.5. The number of H-pyrrole nitrogens is 1. The van der Waals surface area contributed by atoms with Crippen molar-refractivity contribution in [1.29, 1.82) is 0 Å². The average Bonchev–Trinajstić information content (AvgIpc) is 3.51. The molecule has 0 spiro atoms. The van der Waals surface area contributed by atoms with Crippen LogP contribution in [0.4, 0.5) is 17.2 Å². The van der Waals surface area contributed by atoms with Crippen LogP contribution in [0.25, 0.3) is 22.4 Å². The van der Waals surface area contributed by atoms with Gasteiger partial charge < -0.3 is 20.0 Å². The minimum atomic E-state index is -0.348. The second-order valence-electron chi connectivity index (χ2n) is 9.11. The summed E-state index contributed by atoms with van der Waals surface area (Å²) < 4.78 is 5.48. The topological polar surface area (TPSA) is 135 Å². The third kappa shape index (κ3) is 4.33. The number of hydrogen-bond donors (Lipinski definition) is 3. The summed E-state index contributed by atoms with van der Waals surface area (Å²) in [5.74, 6) is 0.806. The summed E-state index contributed by atoms with van der Waals surface area (Å²) in [7, 11) is 0. The maximum absolute atomic E-state index is 12.9. The summed E-state index contributed by atoms with van der Waals surface area (Å²) in [6.07, 6.45) is 6.07. The zero-order valence-corrected chi connectivity index (χ0v) is 19.7. The number of carbonyl (C=O) groups is 1. The molecule has 0 fully saturated rings. The Balaban J connectivity index is 1.45. The number of hydrogen-bond acceptors (Lipinski definition) is 8. The third-order valence-electron chi connectivity index (χ3n) is 5.49. The first-order chi connectivity index (χ1) is 16.8. The Bertz CT molecular complexity index is 1530. The van der Waals surface area contributed by atoms with E-state index < -0.39 is 0 Å². The summed E-state index contributed by atoms with van der Waals surface area (Å²) in [6, 6.07) is 9.38. The van der Waals surface area contributed by atoms with Crippen molar-refractivity contribution >= 4 is 34.3 Å². The first kappa shape index (κ1) is 22.2. The van der Waals surface area contributed by atoms with Gasteiger partial charge in [-0.2, -0.15) is 0 Å². The number of aromatic amines is 1. The number of pyridine rings is 1. The van der Waals surface area contributed by atoms with Crippen molar-refractivity contribution < 1.29 is 9.21 Å². The van der Waals surface area contributed by atoms with Gasteiger partial charge in [-0.3, -0.25) is 4.79 Å². The van der Waals surface area contributed by atoms with Crippen LogP contribution in [-0.2, 0) is 5.41 Å². The van der Waals surface area contributed by atoms with E-state index in [1.54, 1.807) is 12.5 Å². The zero-order valence-electron chi connectivity index (χ0n) is 19.7. The van der Waals surface area contributed by atoms with E-state index in [4.69, 9.17) is 4.42 Å². The molecule has 35 heavy (non-hydrogen) atoms. The van der Waals surface area contributed by atoms with Crippen LogP contribution < -0.4 is 10.6 Å². The molecule has 0 aliphatic rings. The molecule has 0 saturated carbocycles. The molecule has 0 bridgehead atoms. The summed E-state index contributed by atoms with van der Waals surface area (Å²) >= 11 is 0. The van der Waals surface area contributed by atoms with Gasteiger partial charge in [0.25, 0.3) is 5.91 Å². The summed E-state index contributed by atoms with van der Waals surface area (Å²) in [6.45, 7) is 7.88. The molecule has 5 rings (SSSR count). The number of fused-ring (bicyclic) bond motifs is 1. The van der Waals surface area contributed by atoms with E-state index in [1.165, 1.54) is 12.7 Å². The van der Waals surface area contributed by atoms with Gasteiger partial charge in [0.1, 0.15) is 29.1 Å². The van der Waals surface area contributed by atoms with Gasteiger partial charge in [-0.25, -0.2) is 24.9 Å². The Morgan fingerprint density at radius 1 is 1.06 bits per heavy atom. The molecule has 0 unspecified atom stereocenters. The summed E-state index contributed by atoms with van der Waals surface area (Å²) in [4.78, 5) is 37.6. The number of oxazole rings is 1. The molecule has 1 aromatic carbocycles. The number of carbonyl (C=O) groups excluding carboxylic acids is 1. The largest absolute Gasteiger partial charge is 0.447 e. The predicted octanol–water partition coefficient (Wildman–Crippen LogP) is 5.00. The van der Waals surface area contributed by atoms with E-state index >= 15 is 0 Å².